The van der Waals surface area contributed by atoms with Gasteiger partial charge in [-0.2, -0.15) is 12.6 Å². The Labute approximate surface area is 195 Å². The van der Waals surface area contributed by atoms with Crippen LogP contribution < -0.4 is 21.7 Å². The highest BCUT2D eigenvalue weighted by molar-refractivity contribution is 7.80. The van der Waals surface area contributed by atoms with Crippen molar-refractivity contribution in [2.45, 2.75) is 50.0 Å². The zero-order valence-electron chi connectivity index (χ0n) is 17.8. The van der Waals surface area contributed by atoms with E-state index in [0.29, 0.717) is 0 Å². The molecule has 0 heterocycles. The number of carbonyl (C=O) groups excluding carboxylic acids is 3. The molecule has 0 radical (unpaired) electrons. The van der Waals surface area contributed by atoms with Crippen LogP contribution in [0.5, 0.6) is 0 Å². The van der Waals surface area contributed by atoms with E-state index in [1.54, 1.807) is 24.3 Å². The summed E-state index contributed by atoms with van der Waals surface area (Å²) in [6, 6.07) is 3.39. The van der Waals surface area contributed by atoms with Crippen molar-refractivity contribution in [3.8, 4) is 0 Å². The van der Waals surface area contributed by atoms with Gasteiger partial charge in [-0.05, 0) is 18.9 Å². The number of amides is 3. The Morgan fingerprint density at radius 3 is 2.00 bits per heavy atom. The Bertz CT molecular complexity index is 852. The van der Waals surface area contributed by atoms with E-state index < -0.39 is 66.4 Å². The number of aliphatic hydroxyl groups excluding tert-OH is 1. The minimum absolute atomic E-state index is 0.166. The zero-order chi connectivity index (χ0) is 25.1. The van der Waals surface area contributed by atoms with Gasteiger partial charge in [0.15, 0.2) is 0 Å². The first-order valence-corrected chi connectivity index (χ1v) is 10.5. The van der Waals surface area contributed by atoms with Gasteiger partial charge in [-0.1, -0.05) is 30.3 Å². The van der Waals surface area contributed by atoms with Crippen LogP contribution in [0.2, 0.25) is 0 Å². The van der Waals surface area contributed by atoms with Crippen LogP contribution in [-0.2, 0) is 30.4 Å². The number of hydrogen-bond acceptors (Lipinski definition) is 8. The van der Waals surface area contributed by atoms with E-state index in [-0.39, 0.29) is 12.2 Å². The van der Waals surface area contributed by atoms with Crippen LogP contribution in [0.15, 0.2) is 30.3 Å². The average Bonchev–Trinajstić information content (AvgIpc) is 2.74. The van der Waals surface area contributed by atoms with Gasteiger partial charge in [-0.15, -0.1) is 0 Å². The molecule has 1 aromatic rings. The lowest BCUT2D eigenvalue weighted by molar-refractivity contribution is -0.147. The van der Waals surface area contributed by atoms with Gasteiger partial charge in [0.2, 0.25) is 17.7 Å². The van der Waals surface area contributed by atoms with Crippen molar-refractivity contribution in [1.82, 2.24) is 16.0 Å². The van der Waals surface area contributed by atoms with Crippen LogP contribution >= 0.6 is 12.6 Å². The number of nitrogens with two attached hydrogens (primary N) is 1. The maximum atomic E-state index is 12.6. The summed E-state index contributed by atoms with van der Waals surface area (Å²) >= 11 is 4.02. The molecule has 0 aliphatic carbocycles. The third-order valence-corrected chi connectivity index (χ3v) is 4.87. The number of carboxylic acids is 2. The third-order valence-electron chi connectivity index (χ3n) is 4.51. The average molecular weight is 485 g/mol. The van der Waals surface area contributed by atoms with E-state index in [9.17, 15) is 29.1 Å². The minimum Gasteiger partial charge on any atom is -0.481 e. The molecule has 0 spiro atoms. The zero-order valence-corrected chi connectivity index (χ0v) is 18.7. The highest BCUT2D eigenvalue weighted by atomic mass is 32.1. The van der Waals surface area contributed by atoms with Gasteiger partial charge in [0.1, 0.15) is 18.1 Å². The van der Waals surface area contributed by atoms with Gasteiger partial charge in [-0.25, -0.2) is 4.79 Å². The van der Waals surface area contributed by atoms with Gasteiger partial charge in [0, 0.05) is 5.75 Å². The number of aliphatic carboxylic acids is 2. The van der Waals surface area contributed by atoms with Crippen molar-refractivity contribution in [1.29, 1.82) is 0 Å². The SMILES string of the molecule is CC(O)C(NC(=O)C(CS)NC(=O)C(N)Cc1ccccc1)C(=O)NC(CC(=O)O)C(=O)O. The molecule has 12 nitrogen and oxygen atoms in total. The maximum absolute atomic E-state index is 12.6. The Morgan fingerprint density at radius 1 is 0.939 bits per heavy atom. The fourth-order valence-electron chi connectivity index (χ4n) is 2.73. The molecular formula is C20H28N4O8S. The number of benzene rings is 1. The number of aliphatic hydroxyl groups is 1. The molecule has 5 unspecified atom stereocenters. The van der Waals surface area contributed by atoms with E-state index in [2.05, 4.69) is 23.3 Å². The Balaban J connectivity index is 2.80. The summed E-state index contributed by atoms with van der Waals surface area (Å²) in [7, 11) is 0. The molecule has 0 fully saturated rings. The number of carboxylic acid groups (broad SMARTS) is 2. The Kier molecular flexibility index (Phi) is 11.3. The fourth-order valence-corrected chi connectivity index (χ4v) is 2.99. The molecule has 0 bridgehead atoms. The molecule has 5 atom stereocenters. The molecule has 13 heteroatoms. The van der Waals surface area contributed by atoms with E-state index in [1.165, 1.54) is 6.92 Å². The monoisotopic (exact) mass is 484 g/mol. The van der Waals surface area contributed by atoms with E-state index in [1.807, 2.05) is 11.4 Å². The molecule has 0 aliphatic rings. The summed E-state index contributed by atoms with van der Waals surface area (Å²) in [5.74, 6) is -5.87. The number of hydrogen-bond donors (Lipinski definition) is 8. The van der Waals surface area contributed by atoms with Gasteiger partial charge < -0.3 is 37.0 Å². The van der Waals surface area contributed by atoms with Crippen LogP contribution in [0.3, 0.4) is 0 Å². The molecule has 0 aromatic heterocycles. The summed E-state index contributed by atoms with van der Waals surface area (Å²) < 4.78 is 0. The predicted octanol–water partition coefficient (Wildman–Crippen LogP) is -2.12. The first-order chi connectivity index (χ1) is 15.5. The van der Waals surface area contributed by atoms with Crippen molar-refractivity contribution in [3.63, 3.8) is 0 Å². The standard InChI is InChI=1S/C20H28N4O8S/c1-10(25)16(19(30)22-13(20(31)32)8-15(26)27)24-18(29)14(9-33)23-17(28)12(21)7-11-5-3-2-4-6-11/h2-6,10,12-14,16,25,33H,7-9,21H2,1H3,(H,22,30)(H,23,28)(H,24,29)(H,26,27)(H,31,32). The van der Waals surface area contributed by atoms with Crippen molar-refractivity contribution < 1.29 is 39.3 Å². The quantitative estimate of drug-likeness (QED) is 0.144. The maximum Gasteiger partial charge on any atom is 0.326 e. The van der Waals surface area contributed by atoms with Crippen LogP contribution in [0.25, 0.3) is 0 Å². The highest BCUT2D eigenvalue weighted by Crippen LogP contribution is 2.04. The van der Waals surface area contributed by atoms with Gasteiger partial charge in [0.05, 0.1) is 18.6 Å². The topological polar surface area (TPSA) is 208 Å². The Hall–Kier alpha value is -3.16. The molecule has 33 heavy (non-hydrogen) atoms. The van der Waals surface area contributed by atoms with E-state index in [4.69, 9.17) is 15.9 Å². The van der Waals surface area contributed by atoms with Gasteiger partial charge >= 0.3 is 11.9 Å². The number of carbonyl (C=O) groups is 5. The lowest BCUT2D eigenvalue weighted by Crippen LogP contribution is -2.60. The molecule has 8 N–H and O–H groups in total. The normalized spacial score (nSPS) is 15.3. The molecule has 0 saturated carbocycles. The summed E-state index contributed by atoms with van der Waals surface area (Å²) in [6.45, 7) is 1.17. The lowest BCUT2D eigenvalue weighted by atomic mass is 10.1. The van der Waals surface area contributed by atoms with Crippen molar-refractivity contribution >= 4 is 42.3 Å². The summed E-state index contributed by atoms with van der Waals surface area (Å²) in [4.78, 5) is 59.3. The van der Waals surface area contributed by atoms with E-state index >= 15 is 0 Å². The first-order valence-electron chi connectivity index (χ1n) is 9.90. The molecule has 0 saturated heterocycles. The summed E-state index contributed by atoms with van der Waals surface area (Å²) in [5, 5.41) is 34.3. The number of thiol groups is 1. The predicted molar refractivity (Wildman–Crippen MR) is 119 cm³/mol. The minimum atomic E-state index is -1.77. The summed E-state index contributed by atoms with van der Waals surface area (Å²) in [6.07, 6.45) is -2.16. The second-order valence-corrected chi connectivity index (χ2v) is 7.63. The second kappa shape index (κ2) is 13.4. The molecular weight excluding hydrogens is 456 g/mol. The van der Waals surface area contributed by atoms with Crippen molar-refractivity contribution in [2.75, 3.05) is 5.75 Å². The molecule has 1 aromatic carbocycles. The fraction of sp³-hybridized carbons (Fsp3) is 0.450. The molecule has 1 rings (SSSR count). The van der Waals surface area contributed by atoms with Crippen LogP contribution in [-0.4, -0.2) is 81.0 Å². The van der Waals surface area contributed by atoms with E-state index in [0.717, 1.165) is 5.56 Å². The lowest BCUT2D eigenvalue weighted by Gasteiger charge is -2.25. The van der Waals surface area contributed by atoms with Crippen molar-refractivity contribution in [2.24, 2.45) is 5.73 Å². The van der Waals surface area contributed by atoms with Gasteiger partial charge in [-0.3, -0.25) is 19.2 Å². The molecule has 182 valence electrons. The van der Waals surface area contributed by atoms with Crippen LogP contribution in [0.4, 0.5) is 0 Å². The van der Waals surface area contributed by atoms with Crippen molar-refractivity contribution in [3.05, 3.63) is 35.9 Å². The van der Waals surface area contributed by atoms with Crippen LogP contribution in [0, 0.1) is 0 Å². The third kappa shape index (κ3) is 9.47. The summed E-state index contributed by atoms with van der Waals surface area (Å²) in [5.41, 5.74) is 6.71. The van der Waals surface area contributed by atoms with Crippen LogP contribution in [0.1, 0.15) is 18.9 Å². The highest BCUT2D eigenvalue weighted by Gasteiger charge is 2.33. The number of rotatable bonds is 13. The second-order valence-electron chi connectivity index (χ2n) is 7.26. The molecule has 0 aliphatic heterocycles. The largest absolute Gasteiger partial charge is 0.481 e. The smallest absolute Gasteiger partial charge is 0.326 e. The number of nitrogens with one attached hydrogen (secondary N) is 3. The molecule has 3 amide bonds. The Morgan fingerprint density at radius 2 is 1.52 bits per heavy atom. The first kappa shape index (κ1) is 27.9. The van der Waals surface area contributed by atoms with Gasteiger partial charge in [0.25, 0.3) is 0 Å².